The van der Waals surface area contributed by atoms with E-state index in [1.54, 1.807) is 0 Å². The molecule has 0 aliphatic rings. The molecule has 0 saturated heterocycles. The number of unbranched alkanes of at least 4 members (excludes halogenated alkanes) is 35. The maximum absolute atomic E-state index is 12.9. The van der Waals surface area contributed by atoms with Crippen molar-refractivity contribution in [2.45, 2.75) is 341 Å². The first-order valence-corrected chi connectivity index (χ1v) is 34.2. The van der Waals surface area contributed by atoms with Gasteiger partial charge in [0.25, 0.3) is 0 Å². The highest BCUT2D eigenvalue weighted by molar-refractivity contribution is 5.71. The lowest BCUT2D eigenvalue weighted by Gasteiger charge is -2.18. The van der Waals surface area contributed by atoms with Crippen molar-refractivity contribution >= 4 is 17.9 Å². The van der Waals surface area contributed by atoms with Crippen molar-refractivity contribution < 1.29 is 28.6 Å². The molecular formula is C74H128O6. The quantitative estimate of drug-likeness (QED) is 0.0261. The molecule has 0 fully saturated rings. The van der Waals surface area contributed by atoms with E-state index in [4.69, 9.17) is 14.2 Å². The van der Waals surface area contributed by atoms with E-state index in [1.165, 1.54) is 173 Å². The summed E-state index contributed by atoms with van der Waals surface area (Å²) in [6.07, 6.45) is 91.3. The average molecular weight is 1110 g/mol. The van der Waals surface area contributed by atoms with Crippen LogP contribution in [0.4, 0.5) is 0 Å². The van der Waals surface area contributed by atoms with Crippen molar-refractivity contribution in [3.05, 3.63) is 97.2 Å². The summed E-state index contributed by atoms with van der Waals surface area (Å²) in [6.45, 7) is 6.52. The smallest absolute Gasteiger partial charge is 0.306 e. The molecule has 0 heterocycles. The molecule has 80 heavy (non-hydrogen) atoms. The standard InChI is InChI=1S/C74H128O6/c1-4-7-10-13-16-19-22-25-28-30-32-34-35-36-37-38-39-40-42-43-46-49-52-55-58-61-64-67-73(76)79-70-71(69-78-72(75)66-63-60-57-54-51-48-45-27-24-21-18-15-12-9-6-3)80-74(77)68-65-62-59-56-53-50-47-44-41-33-31-29-26-23-20-17-14-11-8-5-2/h7,10,16,18-19,21,25,27-28,32,34,36-37,39-40,45,71H,4-6,8-9,11-15,17,20,22-24,26,29-31,33,35,38,41-44,46-70H2,1-3H3/b10-7-,19-16-,21-18-,28-25-,34-32-,37-36-,40-39-,45-27-. The van der Waals surface area contributed by atoms with Gasteiger partial charge in [0.1, 0.15) is 13.2 Å². The molecule has 460 valence electrons. The van der Waals surface area contributed by atoms with E-state index in [0.29, 0.717) is 19.3 Å². The summed E-state index contributed by atoms with van der Waals surface area (Å²) in [5, 5.41) is 0. The van der Waals surface area contributed by atoms with Crippen molar-refractivity contribution in [2.75, 3.05) is 13.2 Å². The summed E-state index contributed by atoms with van der Waals surface area (Å²) < 4.78 is 17.0. The van der Waals surface area contributed by atoms with Crippen LogP contribution in [0.3, 0.4) is 0 Å². The van der Waals surface area contributed by atoms with Gasteiger partial charge in [-0.2, -0.15) is 0 Å². The number of hydrogen-bond donors (Lipinski definition) is 0. The van der Waals surface area contributed by atoms with Crippen LogP contribution in [0, 0.1) is 0 Å². The molecule has 0 amide bonds. The molecule has 0 radical (unpaired) electrons. The molecule has 0 spiro atoms. The van der Waals surface area contributed by atoms with Gasteiger partial charge in [0.15, 0.2) is 6.10 Å². The van der Waals surface area contributed by atoms with Crippen LogP contribution in [0.1, 0.15) is 335 Å². The van der Waals surface area contributed by atoms with Gasteiger partial charge in [0, 0.05) is 19.3 Å². The van der Waals surface area contributed by atoms with E-state index in [0.717, 1.165) is 122 Å². The highest BCUT2D eigenvalue weighted by Crippen LogP contribution is 2.17. The lowest BCUT2D eigenvalue weighted by molar-refractivity contribution is -0.167. The molecule has 0 aromatic carbocycles. The van der Waals surface area contributed by atoms with E-state index >= 15 is 0 Å². The van der Waals surface area contributed by atoms with Gasteiger partial charge in [-0.25, -0.2) is 0 Å². The van der Waals surface area contributed by atoms with Crippen molar-refractivity contribution in [3.8, 4) is 0 Å². The van der Waals surface area contributed by atoms with Gasteiger partial charge in [0.05, 0.1) is 0 Å². The van der Waals surface area contributed by atoms with Gasteiger partial charge in [0.2, 0.25) is 0 Å². The molecule has 1 atom stereocenters. The minimum absolute atomic E-state index is 0.0840. The number of carbonyl (C=O) groups is 3. The molecule has 6 heteroatoms. The maximum atomic E-state index is 12.9. The van der Waals surface area contributed by atoms with E-state index in [1.807, 2.05) is 0 Å². The topological polar surface area (TPSA) is 78.9 Å². The molecule has 6 nitrogen and oxygen atoms in total. The normalized spacial score (nSPS) is 12.7. The zero-order chi connectivity index (χ0) is 57.8. The fourth-order valence-electron chi connectivity index (χ4n) is 9.71. The van der Waals surface area contributed by atoms with Gasteiger partial charge in [-0.3, -0.25) is 14.4 Å². The Kier molecular flexibility index (Phi) is 64.7. The zero-order valence-corrected chi connectivity index (χ0v) is 52.8. The van der Waals surface area contributed by atoms with Crippen LogP contribution in [0.2, 0.25) is 0 Å². The second-order valence-corrected chi connectivity index (χ2v) is 22.7. The summed E-state index contributed by atoms with van der Waals surface area (Å²) in [5.41, 5.74) is 0. The number of esters is 3. The van der Waals surface area contributed by atoms with Crippen LogP contribution in [-0.2, 0) is 28.6 Å². The SMILES string of the molecule is CC/C=C\C/C=C\C/C=C\C/C=C\C/C=C\C/C=C\CCCCCCCCCCC(=O)OCC(COC(=O)CCCCCCC/C=C\C/C=C\CCCCC)OC(=O)CCCCCCCCCCCCCCCCCCCCCC. The fourth-order valence-corrected chi connectivity index (χ4v) is 9.71. The Hall–Kier alpha value is -3.67. The molecular weight excluding hydrogens is 985 g/mol. The Bertz CT molecular complexity index is 1560. The third kappa shape index (κ3) is 65.1. The highest BCUT2D eigenvalue weighted by Gasteiger charge is 2.19. The summed E-state index contributed by atoms with van der Waals surface area (Å²) in [4.78, 5) is 38.4. The first-order valence-electron chi connectivity index (χ1n) is 34.2. The Labute approximate surface area is 496 Å². The third-order valence-corrected chi connectivity index (χ3v) is 14.8. The summed E-state index contributed by atoms with van der Waals surface area (Å²) in [6, 6.07) is 0. The molecule has 1 unspecified atom stereocenters. The predicted octanol–water partition coefficient (Wildman–Crippen LogP) is 23.6. The molecule has 0 bridgehead atoms. The molecule has 0 saturated carbocycles. The average Bonchev–Trinajstić information content (AvgIpc) is 3.46. The van der Waals surface area contributed by atoms with Crippen LogP contribution in [0.5, 0.6) is 0 Å². The van der Waals surface area contributed by atoms with Crippen LogP contribution >= 0.6 is 0 Å². The summed E-state index contributed by atoms with van der Waals surface area (Å²) in [5.74, 6) is -0.889. The van der Waals surface area contributed by atoms with Crippen LogP contribution in [0.25, 0.3) is 0 Å². The van der Waals surface area contributed by atoms with E-state index in [9.17, 15) is 14.4 Å². The van der Waals surface area contributed by atoms with E-state index in [2.05, 4.69) is 118 Å². The van der Waals surface area contributed by atoms with Gasteiger partial charge < -0.3 is 14.2 Å². The number of rotatable bonds is 62. The Morgan fingerprint density at radius 1 is 0.263 bits per heavy atom. The van der Waals surface area contributed by atoms with Gasteiger partial charge >= 0.3 is 17.9 Å². The molecule has 0 N–H and O–H groups in total. The van der Waals surface area contributed by atoms with Crippen molar-refractivity contribution in [1.82, 2.24) is 0 Å². The minimum atomic E-state index is -0.788. The largest absolute Gasteiger partial charge is 0.462 e. The predicted molar refractivity (Wildman–Crippen MR) is 348 cm³/mol. The zero-order valence-electron chi connectivity index (χ0n) is 52.8. The summed E-state index contributed by atoms with van der Waals surface area (Å²) in [7, 11) is 0. The maximum Gasteiger partial charge on any atom is 0.306 e. The first-order chi connectivity index (χ1) is 39.5. The van der Waals surface area contributed by atoms with Crippen molar-refractivity contribution in [1.29, 1.82) is 0 Å². The fraction of sp³-hybridized carbons (Fsp3) is 0.743. The second-order valence-electron chi connectivity index (χ2n) is 22.7. The molecule has 0 rings (SSSR count). The minimum Gasteiger partial charge on any atom is -0.462 e. The van der Waals surface area contributed by atoms with Gasteiger partial charge in [-0.05, 0) is 103 Å². The van der Waals surface area contributed by atoms with Crippen molar-refractivity contribution in [3.63, 3.8) is 0 Å². The molecule has 0 aliphatic heterocycles. The van der Waals surface area contributed by atoms with Crippen LogP contribution in [-0.4, -0.2) is 37.2 Å². The Morgan fingerprint density at radius 2 is 0.487 bits per heavy atom. The molecule has 0 aromatic rings. The van der Waals surface area contributed by atoms with Crippen LogP contribution in [0.15, 0.2) is 97.2 Å². The summed E-state index contributed by atoms with van der Waals surface area (Å²) >= 11 is 0. The molecule has 0 aromatic heterocycles. The third-order valence-electron chi connectivity index (χ3n) is 14.8. The van der Waals surface area contributed by atoms with Crippen molar-refractivity contribution in [2.24, 2.45) is 0 Å². The lowest BCUT2D eigenvalue weighted by atomic mass is 10.0. The lowest BCUT2D eigenvalue weighted by Crippen LogP contribution is -2.30. The number of ether oxygens (including phenoxy) is 3. The van der Waals surface area contributed by atoms with E-state index < -0.39 is 6.10 Å². The molecule has 0 aliphatic carbocycles. The highest BCUT2D eigenvalue weighted by atomic mass is 16.6. The van der Waals surface area contributed by atoms with Crippen LogP contribution < -0.4 is 0 Å². The second kappa shape index (κ2) is 67.8. The number of allylic oxidation sites excluding steroid dienone is 16. The van der Waals surface area contributed by atoms with Gasteiger partial charge in [-0.15, -0.1) is 0 Å². The first kappa shape index (κ1) is 76.3. The van der Waals surface area contributed by atoms with E-state index in [-0.39, 0.29) is 31.1 Å². The van der Waals surface area contributed by atoms with Gasteiger partial charge in [-0.1, -0.05) is 311 Å². The Morgan fingerprint density at radius 3 is 0.787 bits per heavy atom. The number of hydrogen-bond acceptors (Lipinski definition) is 6. The monoisotopic (exact) mass is 1110 g/mol. The Balaban J connectivity index is 4.35. The number of carbonyl (C=O) groups excluding carboxylic acids is 3.